The van der Waals surface area contributed by atoms with Crippen molar-refractivity contribution >= 4 is 29.2 Å². The van der Waals surface area contributed by atoms with Crippen LogP contribution in [0.5, 0.6) is 0 Å². The molecule has 3 aliphatic rings. The molecule has 2 aliphatic heterocycles. The molecule has 3 heterocycles. The lowest BCUT2D eigenvalue weighted by molar-refractivity contribution is -0.127. The topological polar surface area (TPSA) is 78.5 Å². The molecule has 2 saturated heterocycles. The lowest BCUT2D eigenvalue weighted by atomic mass is 9.74. The molecule has 33 heavy (non-hydrogen) atoms. The van der Waals surface area contributed by atoms with Gasteiger partial charge in [0, 0.05) is 23.3 Å². The maximum absolute atomic E-state index is 13.3. The normalized spacial score (nSPS) is 23.2. The molecule has 1 atom stereocenters. The molecule has 0 saturated carbocycles. The van der Waals surface area contributed by atoms with Crippen LogP contribution in [-0.2, 0) is 24.1 Å². The van der Waals surface area contributed by atoms with Crippen LogP contribution in [0.25, 0.3) is 0 Å². The summed E-state index contributed by atoms with van der Waals surface area (Å²) in [6.07, 6.45) is 8.20. The molecule has 2 aromatic rings. The van der Waals surface area contributed by atoms with Crippen LogP contribution >= 0.6 is 11.3 Å². The van der Waals surface area contributed by atoms with Crippen LogP contribution in [0.2, 0.25) is 0 Å². The smallest absolute Gasteiger partial charge is 0.322 e. The average Bonchev–Trinajstić information content (AvgIpc) is 3.40. The van der Waals surface area contributed by atoms with E-state index in [2.05, 4.69) is 22.8 Å². The van der Waals surface area contributed by atoms with Crippen LogP contribution in [0.4, 0.5) is 4.79 Å². The van der Waals surface area contributed by atoms with Crippen molar-refractivity contribution in [3.05, 3.63) is 57.3 Å². The highest BCUT2D eigenvalue weighted by atomic mass is 32.1. The van der Waals surface area contributed by atoms with Gasteiger partial charge in [-0.15, -0.1) is 11.3 Å². The van der Waals surface area contributed by atoms with Gasteiger partial charge >= 0.3 is 6.03 Å². The molecule has 5 rings (SSSR count). The Bertz CT molecular complexity index is 1040. The molecule has 1 aromatic heterocycles. The Labute approximate surface area is 198 Å². The monoisotopic (exact) mass is 465 g/mol. The van der Waals surface area contributed by atoms with Crippen molar-refractivity contribution in [3.63, 3.8) is 0 Å². The molecule has 2 N–H and O–H groups in total. The summed E-state index contributed by atoms with van der Waals surface area (Å²) in [6, 6.07) is 9.82. The number of likely N-dealkylation sites (tertiary alicyclic amines) is 1. The second-order valence-electron chi connectivity index (χ2n) is 9.54. The maximum atomic E-state index is 13.3. The van der Waals surface area contributed by atoms with Gasteiger partial charge in [-0.2, -0.15) is 0 Å². The van der Waals surface area contributed by atoms with E-state index < -0.39 is 11.6 Å². The van der Waals surface area contributed by atoms with Crippen LogP contribution < -0.4 is 10.6 Å². The van der Waals surface area contributed by atoms with E-state index in [1.807, 2.05) is 28.5 Å². The van der Waals surface area contributed by atoms with E-state index in [9.17, 15) is 14.4 Å². The fourth-order valence-corrected chi connectivity index (χ4v) is 6.93. The summed E-state index contributed by atoms with van der Waals surface area (Å²) in [5.74, 6) is -0.0525. The van der Waals surface area contributed by atoms with Crippen molar-refractivity contribution in [3.8, 4) is 0 Å². The highest BCUT2D eigenvalue weighted by Crippen LogP contribution is 2.36. The van der Waals surface area contributed by atoms with Gasteiger partial charge in [-0.1, -0.05) is 30.3 Å². The van der Waals surface area contributed by atoms with E-state index in [0.717, 1.165) is 50.5 Å². The average molecular weight is 466 g/mol. The molecule has 0 radical (unpaired) electrons. The molecule has 1 unspecified atom stereocenters. The number of nitrogens with one attached hydrogen (secondary N) is 2. The van der Waals surface area contributed by atoms with Gasteiger partial charge in [0.1, 0.15) is 5.54 Å². The van der Waals surface area contributed by atoms with Gasteiger partial charge in [-0.05, 0) is 74.8 Å². The number of hydrogen-bond donors (Lipinski definition) is 2. The number of thiophene rings is 1. The van der Waals surface area contributed by atoms with E-state index in [-0.39, 0.29) is 17.7 Å². The number of benzene rings is 1. The number of urea groups is 1. The Balaban J connectivity index is 1.25. The molecule has 0 bridgehead atoms. The predicted octanol–water partition coefficient (Wildman–Crippen LogP) is 4.08. The molecule has 7 heteroatoms. The van der Waals surface area contributed by atoms with Gasteiger partial charge in [0.2, 0.25) is 0 Å². The summed E-state index contributed by atoms with van der Waals surface area (Å²) >= 11 is 1.72. The Hall–Kier alpha value is -2.67. The van der Waals surface area contributed by atoms with Crippen LogP contribution in [0.1, 0.15) is 64.9 Å². The third-order valence-corrected chi connectivity index (χ3v) is 8.71. The lowest BCUT2D eigenvalue weighted by Gasteiger charge is -2.40. The van der Waals surface area contributed by atoms with Gasteiger partial charge in [0.25, 0.3) is 11.8 Å². The van der Waals surface area contributed by atoms with Gasteiger partial charge in [0.15, 0.2) is 0 Å². The number of fused-ring (bicyclic) bond motifs is 1. The predicted molar refractivity (Wildman–Crippen MR) is 128 cm³/mol. The summed E-state index contributed by atoms with van der Waals surface area (Å²) in [6.45, 7) is 1.25. The molecule has 1 aromatic carbocycles. The molecular weight excluding hydrogens is 434 g/mol. The van der Waals surface area contributed by atoms with E-state index in [1.54, 1.807) is 11.3 Å². The zero-order valence-electron chi connectivity index (χ0n) is 18.9. The highest BCUT2D eigenvalue weighted by Gasteiger charge is 2.51. The van der Waals surface area contributed by atoms with Crippen molar-refractivity contribution in [2.45, 2.75) is 63.3 Å². The van der Waals surface area contributed by atoms with E-state index in [1.165, 1.54) is 22.4 Å². The summed E-state index contributed by atoms with van der Waals surface area (Å²) in [4.78, 5) is 41.6. The molecule has 174 valence electrons. The van der Waals surface area contributed by atoms with Gasteiger partial charge in [0.05, 0.1) is 5.56 Å². The number of nitrogens with zero attached hydrogens (tertiary/aromatic N) is 1. The Morgan fingerprint density at radius 2 is 1.85 bits per heavy atom. The first-order valence-corrected chi connectivity index (χ1v) is 13.0. The van der Waals surface area contributed by atoms with E-state index >= 15 is 0 Å². The SMILES string of the molecule is O=C1NC(=O)C(CCCc2ccccc2)(C2CCN(C(=O)c3csc4c3CCCC4)CC2)N1. The van der Waals surface area contributed by atoms with Crippen LogP contribution in [-0.4, -0.2) is 41.4 Å². The minimum absolute atomic E-state index is 0.0279. The Morgan fingerprint density at radius 1 is 1.09 bits per heavy atom. The van der Waals surface area contributed by atoms with Crippen LogP contribution in [0.3, 0.4) is 0 Å². The maximum Gasteiger partial charge on any atom is 0.322 e. The molecule has 6 nitrogen and oxygen atoms in total. The van der Waals surface area contributed by atoms with Crippen molar-refractivity contribution in [1.29, 1.82) is 0 Å². The third kappa shape index (κ3) is 4.31. The zero-order valence-corrected chi connectivity index (χ0v) is 19.7. The third-order valence-electron chi connectivity index (χ3n) is 7.62. The number of amides is 4. The highest BCUT2D eigenvalue weighted by molar-refractivity contribution is 7.10. The quantitative estimate of drug-likeness (QED) is 0.631. The van der Waals surface area contributed by atoms with Crippen molar-refractivity contribution in [2.75, 3.05) is 13.1 Å². The number of imide groups is 1. The first-order chi connectivity index (χ1) is 16.1. The number of rotatable bonds is 6. The second-order valence-corrected chi connectivity index (χ2v) is 10.5. The number of piperidine rings is 1. The minimum atomic E-state index is -0.872. The van der Waals surface area contributed by atoms with Crippen LogP contribution in [0.15, 0.2) is 35.7 Å². The lowest BCUT2D eigenvalue weighted by Crippen LogP contribution is -2.56. The van der Waals surface area contributed by atoms with Crippen molar-refractivity contribution in [2.24, 2.45) is 5.92 Å². The van der Waals surface area contributed by atoms with Gasteiger partial charge < -0.3 is 10.2 Å². The van der Waals surface area contributed by atoms with Gasteiger partial charge in [-0.25, -0.2) is 4.79 Å². The second kappa shape index (κ2) is 9.29. The Kier molecular flexibility index (Phi) is 6.23. The standard InChI is InChI=1S/C26H31N3O3S/c30-23(21-17-33-22-11-5-4-10-20(21)22)29-15-12-19(13-16-29)26(24(31)27-25(32)28-26)14-6-9-18-7-2-1-3-8-18/h1-3,7-8,17,19H,4-6,9-16H2,(H2,27,28,31,32). The summed E-state index contributed by atoms with van der Waals surface area (Å²) in [7, 11) is 0. The summed E-state index contributed by atoms with van der Waals surface area (Å²) in [5.41, 5.74) is 2.51. The first-order valence-electron chi connectivity index (χ1n) is 12.1. The first kappa shape index (κ1) is 22.1. The molecule has 0 spiro atoms. The minimum Gasteiger partial charge on any atom is -0.339 e. The zero-order chi connectivity index (χ0) is 22.8. The molecule has 1 aliphatic carbocycles. The number of carbonyl (C=O) groups excluding carboxylic acids is 3. The van der Waals surface area contributed by atoms with E-state index in [0.29, 0.717) is 19.5 Å². The Morgan fingerprint density at radius 3 is 2.58 bits per heavy atom. The van der Waals surface area contributed by atoms with Crippen molar-refractivity contribution < 1.29 is 14.4 Å². The van der Waals surface area contributed by atoms with E-state index in [4.69, 9.17) is 0 Å². The number of carbonyl (C=O) groups is 3. The van der Waals surface area contributed by atoms with Gasteiger partial charge in [-0.3, -0.25) is 14.9 Å². The fraction of sp³-hybridized carbons (Fsp3) is 0.500. The van der Waals surface area contributed by atoms with Crippen molar-refractivity contribution in [1.82, 2.24) is 15.5 Å². The summed E-state index contributed by atoms with van der Waals surface area (Å²) < 4.78 is 0. The fourth-order valence-electron chi connectivity index (χ4n) is 5.81. The number of hydrogen-bond acceptors (Lipinski definition) is 4. The molecule has 2 fully saturated rings. The van der Waals surface area contributed by atoms with Crippen LogP contribution in [0, 0.1) is 5.92 Å². The number of aryl methyl sites for hydroxylation is 2. The summed E-state index contributed by atoms with van der Waals surface area (Å²) in [5, 5.41) is 7.50. The molecule has 4 amide bonds. The molecular formula is C26H31N3O3S. The largest absolute Gasteiger partial charge is 0.339 e.